The molecule has 0 bridgehead atoms. The van der Waals surface area contributed by atoms with Crippen molar-refractivity contribution < 1.29 is 4.79 Å². The predicted molar refractivity (Wildman–Crippen MR) is 72.3 cm³/mol. The van der Waals surface area contributed by atoms with Crippen LogP contribution >= 0.6 is 12.2 Å². The number of imidazole rings is 1. The summed E-state index contributed by atoms with van der Waals surface area (Å²) in [7, 11) is 1.85. The average molecular weight is 267 g/mol. The van der Waals surface area contributed by atoms with Gasteiger partial charge in [-0.1, -0.05) is 12.2 Å². The van der Waals surface area contributed by atoms with E-state index >= 15 is 0 Å². The van der Waals surface area contributed by atoms with E-state index in [9.17, 15) is 4.79 Å². The number of nitrogens with zero attached hydrogens (tertiary/aromatic N) is 4. The second kappa shape index (κ2) is 5.45. The number of thiocarbonyl (C=S) groups is 1. The minimum Gasteiger partial charge on any atom is -0.392 e. The molecule has 1 aromatic rings. The molecule has 2 N–H and O–H groups in total. The second-order valence-electron chi connectivity index (χ2n) is 4.46. The van der Waals surface area contributed by atoms with E-state index in [-0.39, 0.29) is 5.91 Å². The molecule has 0 radical (unpaired) electrons. The Morgan fingerprint density at radius 3 is 2.61 bits per heavy atom. The largest absolute Gasteiger partial charge is 0.392 e. The Hall–Kier alpha value is -1.47. The van der Waals surface area contributed by atoms with Crippen LogP contribution < -0.4 is 5.73 Å². The first-order valence-electron chi connectivity index (χ1n) is 5.84. The number of piperazine rings is 1. The van der Waals surface area contributed by atoms with Crippen LogP contribution in [-0.4, -0.2) is 63.0 Å². The quantitative estimate of drug-likeness (QED) is 0.745. The van der Waals surface area contributed by atoms with Crippen LogP contribution in [0.4, 0.5) is 0 Å². The summed E-state index contributed by atoms with van der Waals surface area (Å²) in [4.78, 5) is 20.7. The van der Waals surface area contributed by atoms with E-state index in [0.29, 0.717) is 30.3 Å². The fourth-order valence-electron chi connectivity index (χ4n) is 2.01. The Morgan fingerprint density at radius 2 is 2.11 bits per heavy atom. The lowest BCUT2D eigenvalue weighted by Gasteiger charge is -2.34. The van der Waals surface area contributed by atoms with E-state index in [1.807, 2.05) is 11.9 Å². The average Bonchev–Trinajstić information content (AvgIpc) is 2.75. The Kier molecular flexibility index (Phi) is 3.93. The van der Waals surface area contributed by atoms with Crippen molar-refractivity contribution in [3.63, 3.8) is 0 Å². The van der Waals surface area contributed by atoms with Crippen molar-refractivity contribution in [2.45, 2.75) is 0 Å². The molecule has 0 aliphatic carbocycles. The summed E-state index contributed by atoms with van der Waals surface area (Å²) >= 11 is 4.88. The fourth-order valence-corrected chi connectivity index (χ4v) is 2.20. The second-order valence-corrected chi connectivity index (χ2v) is 4.98. The summed E-state index contributed by atoms with van der Waals surface area (Å²) in [6, 6.07) is 0. The molecule has 1 saturated heterocycles. The first kappa shape index (κ1) is 13.0. The highest BCUT2D eigenvalue weighted by atomic mass is 32.1. The molecule has 1 aromatic heterocycles. The van der Waals surface area contributed by atoms with Crippen molar-refractivity contribution in [2.75, 3.05) is 32.7 Å². The number of aromatic nitrogens is 2. The molecule has 1 fully saturated rings. The van der Waals surface area contributed by atoms with Crippen LogP contribution in [0.5, 0.6) is 0 Å². The van der Waals surface area contributed by atoms with Gasteiger partial charge in [-0.15, -0.1) is 0 Å². The van der Waals surface area contributed by atoms with Crippen LogP contribution in [0.2, 0.25) is 0 Å². The van der Waals surface area contributed by atoms with Gasteiger partial charge in [0.2, 0.25) is 0 Å². The van der Waals surface area contributed by atoms with Crippen molar-refractivity contribution in [3.8, 4) is 0 Å². The van der Waals surface area contributed by atoms with E-state index in [4.69, 9.17) is 18.0 Å². The molecular formula is C11H17N5OS. The number of hydrogen-bond donors (Lipinski definition) is 1. The molecule has 0 saturated carbocycles. The Labute approximate surface area is 111 Å². The molecule has 6 nitrogen and oxygen atoms in total. The highest BCUT2D eigenvalue weighted by Crippen LogP contribution is 2.06. The summed E-state index contributed by atoms with van der Waals surface area (Å²) in [5.41, 5.74) is 6.01. The zero-order valence-electron chi connectivity index (χ0n) is 10.4. The van der Waals surface area contributed by atoms with Gasteiger partial charge in [-0.25, -0.2) is 4.98 Å². The van der Waals surface area contributed by atoms with Gasteiger partial charge in [0.1, 0.15) is 5.69 Å². The van der Waals surface area contributed by atoms with Gasteiger partial charge in [0.05, 0.1) is 11.3 Å². The van der Waals surface area contributed by atoms with Crippen LogP contribution in [0.3, 0.4) is 0 Å². The minimum atomic E-state index is -0.00873. The van der Waals surface area contributed by atoms with Crippen LogP contribution in [0.25, 0.3) is 0 Å². The highest BCUT2D eigenvalue weighted by molar-refractivity contribution is 7.80. The maximum absolute atomic E-state index is 12.1. The Morgan fingerprint density at radius 1 is 1.44 bits per heavy atom. The number of hydrogen-bond acceptors (Lipinski definition) is 4. The monoisotopic (exact) mass is 267 g/mol. The Balaban J connectivity index is 1.90. The maximum Gasteiger partial charge on any atom is 0.274 e. The third-order valence-corrected chi connectivity index (χ3v) is 3.09. The third-order valence-electron chi connectivity index (χ3n) is 2.96. The predicted octanol–water partition coefficient (Wildman–Crippen LogP) is -0.536. The Bertz CT molecular complexity index is 450. The summed E-state index contributed by atoms with van der Waals surface area (Å²) in [5, 5.41) is 0. The van der Waals surface area contributed by atoms with Gasteiger partial charge in [-0.05, 0) is 0 Å². The molecule has 0 spiro atoms. The summed E-state index contributed by atoms with van der Waals surface area (Å²) in [6.07, 6.45) is 3.38. The first-order chi connectivity index (χ1) is 8.56. The molecule has 98 valence electrons. The van der Waals surface area contributed by atoms with Crippen LogP contribution in [-0.2, 0) is 7.05 Å². The van der Waals surface area contributed by atoms with Crippen molar-refractivity contribution in [1.82, 2.24) is 19.4 Å². The lowest BCUT2D eigenvalue weighted by molar-refractivity contribution is 0.0649. The third kappa shape index (κ3) is 3.05. The standard InChI is InChI=1S/C11H17N5OS/c1-14-6-9(13-8-14)11(17)16-4-2-15(3-5-16)7-10(12)18/h6,8H,2-5,7H2,1H3,(H2,12,18). The fraction of sp³-hybridized carbons (Fsp3) is 0.545. The molecule has 18 heavy (non-hydrogen) atoms. The summed E-state index contributed by atoms with van der Waals surface area (Å²) < 4.78 is 1.77. The van der Waals surface area contributed by atoms with Crippen LogP contribution in [0, 0.1) is 0 Å². The van der Waals surface area contributed by atoms with E-state index in [1.165, 1.54) is 0 Å². The maximum atomic E-state index is 12.1. The zero-order valence-corrected chi connectivity index (χ0v) is 11.2. The van der Waals surface area contributed by atoms with Crippen LogP contribution in [0.1, 0.15) is 10.5 Å². The molecule has 2 heterocycles. The van der Waals surface area contributed by atoms with Crippen molar-refractivity contribution in [2.24, 2.45) is 12.8 Å². The van der Waals surface area contributed by atoms with E-state index < -0.39 is 0 Å². The lowest BCUT2D eigenvalue weighted by atomic mass is 10.3. The molecular weight excluding hydrogens is 250 g/mol. The van der Waals surface area contributed by atoms with Crippen molar-refractivity contribution in [1.29, 1.82) is 0 Å². The van der Waals surface area contributed by atoms with Gasteiger partial charge in [-0.3, -0.25) is 9.69 Å². The normalized spacial score (nSPS) is 16.8. The first-order valence-corrected chi connectivity index (χ1v) is 6.25. The number of carbonyl (C=O) groups excluding carboxylic acids is 1. The van der Waals surface area contributed by atoms with Gasteiger partial charge >= 0.3 is 0 Å². The molecule has 1 aliphatic heterocycles. The minimum absolute atomic E-state index is 0.00873. The summed E-state index contributed by atoms with van der Waals surface area (Å²) in [5.74, 6) is -0.00873. The molecule has 1 aliphatic rings. The number of carbonyl (C=O) groups is 1. The van der Waals surface area contributed by atoms with Gasteiger partial charge in [0.15, 0.2) is 0 Å². The van der Waals surface area contributed by atoms with Gasteiger partial charge in [0, 0.05) is 46.0 Å². The van der Waals surface area contributed by atoms with E-state index in [1.54, 1.807) is 17.1 Å². The van der Waals surface area contributed by atoms with Crippen molar-refractivity contribution in [3.05, 3.63) is 18.2 Å². The molecule has 0 aromatic carbocycles. The van der Waals surface area contributed by atoms with Gasteiger partial charge in [0.25, 0.3) is 5.91 Å². The summed E-state index contributed by atoms with van der Waals surface area (Å²) in [6.45, 7) is 3.61. The van der Waals surface area contributed by atoms with E-state index in [0.717, 1.165) is 13.1 Å². The molecule has 7 heteroatoms. The SMILES string of the molecule is Cn1cnc(C(=O)N2CCN(CC(N)=S)CC2)c1. The molecule has 0 unspecified atom stereocenters. The van der Waals surface area contributed by atoms with Crippen LogP contribution in [0.15, 0.2) is 12.5 Å². The van der Waals surface area contributed by atoms with Gasteiger partial charge < -0.3 is 15.2 Å². The number of nitrogens with two attached hydrogens (primary N) is 1. The molecule has 1 amide bonds. The van der Waals surface area contributed by atoms with E-state index in [2.05, 4.69) is 9.88 Å². The zero-order chi connectivity index (χ0) is 13.1. The smallest absolute Gasteiger partial charge is 0.274 e. The molecule has 0 atom stereocenters. The van der Waals surface area contributed by atoms with Crippen molar-refractivity contribution >= 4 is 23.1 Å². The molecule has 2 rings (SSSR count). The number of rotatable bonds is 3. The number of amides is 1. The van der Waals surface area contributed by atoms with Gasteiger partial charge in [-0.2, -0.15) is 0 Å². The highest BCUT2D eigenvalue weighted by Gasteiger charge is 2.23. The topological polar surface area (TPSA) is 67.4 Å². The lowest BCUT2D eigenvalue weighted by Crippen LogP contribution is -2.50. The number of aryl methyl sites for hydroxylation is 1.